The summed E-state index contributed by atoms with van der Waals surface area (Å²) in [6, 6.07) is 3.68. The normalized spacial score (nSPS) is 11.8. The van der Waals surface area contributed by atoms with Crippen molar-refractivity contribution in [2.45, 2.75) is 13.5 Å². The summed E-state index contributed by atoms with van der Waals surface area (Å²) in [7, 11) is 0.146. The minimum atomic E-state index is -3.29. The van der Waals surface area contributed by atoms with Crippen molar-refractivity contribution < 1.29 is 8.42 Å². The van der Waals surface area contributed by atoms with Crippen molar-refractivity contribution in [3.8, 4) is 0 Å². The van der Waals surface area contributed by atoms with Crippen molar-refractivity contribution in [3.05, 3.63) is 36.2 Å². The molecule has 18 heavy (non-hydrogen) atoms. The molecule has 0 spiro atoms. The average molecular weight is 269 g/mol. The van der Waals surface area contributed by atoms with Crippen LogP contribution in [-0.2, 0) is 16.6 Å². The van der Waals surface area contributed by atoms with Gasteiger partial charge in [0.1, 0.15) is 5.82 Å². The molecule has 0 unspecified atom stereocenters. The number of hydrogen-bond donors (Lipinski definition) is 0. The van der Waals surface area contributed by atoms with E-state index >= 15 is 0 Å². The number of aromatic nitrogens is 1. The Labute approximate surface area is 109 Å². The summed E-state index contributed by atoms with van der Waals surface area (Å²) in [6.07, 6.45) is 6.62. The second-order valence-corrected chi connectivity index (χ2v) is 6.13. The molecule has 0 radical (unpaired) electrons. The first-order valence-corrected chi connectivity index (χ1v) is 7.42. The lowest BCUT2D eigenvalue weighted by molar-refractivity contribution is 0.450. The van der Waals surface area contributed by atoms with E-state index in [1.807, 2.05) is 37.2 Å². The number of nitrogens with zero attached hydrogens (tertiary/aromatic N) is 3. The van der Waals surface area contributed by atoms with Gasteiger partial charge < -0.3 is 4.90 Å². The van der Waals surface area contributed by atoms with Crippen LogP contribution in [0.15, 0.2) is 30.6 Å². The van der Waals surface area contributed by atoms with Crippen molar-refractivity contribution in [2.75, 3.05) is 24.7 Å². The van der Waals surface area contributed by atoms with Crippen molar-refractivity contribution in [2.24, 2.45) is 0 Å². The Bertz CT molecular complexity index is 526. The summed E-state index contributed by atoms with van der Waals surface area (Å²) < 4.78 is 24.3. The van der Waals surface area contributed by atoms with Crippen LogP contribution in [0.4, 0.5) is 5.82 Å². The predicted molar refractivity (Wildman–Crippen MR) is 73.8 cm³/mol. The molecule has 0 amide bonds. The summed E-state index contributed by atoms with van der Waals surface area (Å²) in [6.45, 7) is 2.54. The summed E-state index contributed by atoms with van der Waals surface area (Å²) >= 11 is 0. The fourth-order valence-electron chi connectivity index (χ4n) is 1.57. The van der Waals surface area contributed by atoms with Crippen molar-refractivity contribution in [3.63, 3.8) is 0 Å². The Morgan fingerprint density at radius 1 is 1.39 bits per heavy atom. The zero-order valence-corrected chi connectivity index (χ0v) is 12.0. The van der Waals surface area contributed by atoms with E-state index in [1.54, 1.807) is 12.3 Å². The lowest BCUT2D eigenvalue weighted by Gasteiger charge is -2.21. The van der Waals surface area contributed by atoms with Gasteiger partial charge in [0.25, 0.3) is 0 Å². The van der Waals surface area contributed by atoms with Gasteiger partial charge in [-0.05, 0) is 19.2 Å². The van der Waals surface area contributed by atoms with Gasteiger partial charge in [-0.3, -0.25) is 4.31 Å². The van der Waals surface area contributed by atoms with Gasteiger partial charge in [0.05, 0.1) is 6.26 Å². The van der Waals surface area contributed by atoms with Crippen molar-refractivity contribution in [1.82, 2.24) is 9.88 Å². The van der Waals surface area contributed by atoms with E-state index in [2.05, 4.69) is 4.98 Å². The van der Waals surface area contributed by atoms with Gasteiger partial charge in [0.15, 0.2) is 0 Å². The summed E-state index contributed by atoms with van der Waals surface area (Å²) in [5.41, 5.74) is 0.867. The molecule has 0 aliphatic carbocycles. The molecule has 1 aromatic heterocycles. The smallest absolute Gasteiger partial charge is 0.233 e. The first-order valence-electron chi connectivity index (χ1n) is 5.57. The third-order valence-electron chi connectivity index (χ3n) is 2.49. The maximum Gasteiger partial charge on any atom is 0.233 e. The average Bonchev–Trinajstić information content (AvgIpc) is 2.28. The van der Waals surface area contributed by atoms with Gasteiger partial charge in [-0.2, -0.15) is 0 Å². The van der Waals surface area contributed by atoms with Crippen LogP contribution >= 0.6 is 0 Å². The van der Waals surface area contributed by atoms with Crippen LogP contribution in [0.3, 0.4) is 0 Å². The van der Waals surface area contributed by atoms with Crippen LogP contribution in [0.2, 0.25) is 0 Å². The molecule has 0 atom stereocenters. The van der Waals surface area contributed by atoms with Gasteiger partial charge in [0, 0.05) is 32.4 Å². The van der Waals surface area contributed by atoms with Crippen molar-refractivity contribution >= 4 is 15.8 Å². The number of sulfonamides is 1. The third kappa shape index (κ3) is 3.73. The van der Waals surface area contributed by atoms with Crippen LogP contribution in [0, 0.1) is 0 Å². The number of hydrogen-bond acceptors (Lipinski definition) is 4. The Hall–Kier alpha value is -1.56. The van der Waals surface area contributed by atoms with Crippen LogP contribution in [0.1, 0.15) is 12.5 Å². The number of anilines is 1. The Morgan fingerprint density at radius 3 is 2.61 bits per heavy atom. The zero-order chi connectivity index (χ0) is 13.8. The van der Waals surface area contributed by atoms with Gasteiger partial charge in [-0.25, -0.2) is 13.4 Å². The highest BCUT2D eigenvalue weighted by Gasteiger charge is 2.17. The number of allylic oxidation sites excluding steroid dienone is 1. The van der Waals surface area contributed by atoms with Crippen LogP contribution in [-0.4, -0.2) is 38.7 Å². The second-order valence-electron chi connectivity index (χ2n) is 4.11. The van der Waals surface area contributed by atoms with E-state index in [-0.39, 0.29) is 0 Å². The van der Waals surface area contributed by atoms with Gasteiger partial charge >= 0.3 is 0 Å². The van der Waals surface area contributed by atoms with Gasteiger partial charge in [0.2, 0.25) is 10.0 Å². The zero-order valence-electron chi connectivity index (χ0n) is 11.2. The number of rotatable bonds is 5. The molecule has 0 aliphatic heterocycles. The standard InChI is InChI=1S/C12H19N3O2S/c1-5-9-14(2)10-11-7-6-8-13-12(11)15(3)18(4,16)17/h5-9H,10H2,1-4H3. The Morgan fingerprint density at radius 2 is 2.06 bits per heavy atom. The largest absolute Gasteiger partial charge is 0.376 e. The second kappa shape index (κ2) is 5.86. The minimum absolute atomic E-state index is 0.469. The van der Waals surface area contributed by atoms with Crippen molar-refractivity contribution in [1.29, 1.82) is 0 Å². The maximum absolute atomic E-state index is 11.6. The van der Waals surface area contributed by atoms with Crippen LogP contribution < -0.4 is 4.31 Å². The molecule has 6 heteroatoms. The van der Waals surface area contributed by atoms with E-state index in [0.29, 0.717) is 12.4 Å². The van der Waals surface area contributed by atoms with Crippen LogP contribution in [0.25, 0.3) is 0 Å². The number of pyridine rings is 1. The lowest BCUT2D eigenvalue weighted by atomic mass is 10.2. The van der Waals surface area contributed by atoms with E-state index in [1.165, 1.54) is 17.6 Å². The molecule has 0 bridgehead atoms. The third-order valence-corrected chi connectivity index (χ3v) is 3.65. The summed E-state index contributed by atoms with van der Waals surface area (Å²) in [5.74, 6) is 0.469. The van der Waals surface area contributed by atoms with Crippen LogP contribution in [0.5, 0.6) is 0 Å². The van der Waals surface area contributed by atoms with Gasteiger partial charge in [-0.15, -0.1) is 0 Å². The summed E-state index contributed by atoms with van der Waals surface area (Å²) in [4.78, 5) is 6.12. The van der Waals surface area contributed by atoms with E-state index in [9.17, 15) is 8.42 Å². The molecule has 1 rings (SSSR count). The monoisotopic (exact) mass is 269 g/mol. The molecular formula is C12H19N3O2S. The summed E-state index contributed by atoms with van der Waals surface area (Å²) in [5, 5.41) is 0. The topological polar surface area (TPSA) is 53.5 Å². The first kappa shape index (κ1) is 14.5. The quantitative estimate of drug-likeness (QED) is 0.811. The highest BCUT2D eigenvalue weighted by atomic mass is 32.2. The van der Waals surface area contributed by atoms with E-state index in [4.69, 9.17) is 0 Å². The molecule has 0 saturated heterocycles. The molecule has 0 aromatic carbocycles. The molecule has 1 heterocycles. The molecular weight excluding hydrogens is 250 g/mol. The molecule has 0 N–H and O–H groups in total. The fraction of sp³-hybridized carbons (Fsp3) is 0.417. The Kier molecular flexibility index (Phi) is 4.72. The fourth-order valence-corrected chi connectivity index (χ4v) is 2.05. The highest BCUT2D eigenvalue weighted by molar-refractivity contribution is 7.92. The Balaban J connectivity index is 3.07. The highest BCUT2D eigenvalue weighted by Crippen LogP contribution is 2.19. The van der Waals surface area contributed by atoms with E-state index < -0.39 is 10.0 Å². The first-order chi connectivity index (χ1) is 8.36. The molecule has 0 aliphatic rings. The molecule has 0 fully saturated rings. The SMILES string of the molecule is CC=CN(C)Cc1cccnc1N(C)S(C)(=O)=O. The lowest BCUT2D eigenvalue weighted by Crippen LogP contribution is -2.27. The molecule has 0 saturated carbocycles. The molecule has 100 valence electrons. The van der Waals surface area contributed by atoms with E-state index in [0.717, 1.165) is 5.56 Å². The minimum Gasteiger partial charge on any atom is -0.376 e. The predicted octanol–water partition coefficient (Wildman–Crippen LogP) is 1.44. The molecule has 5 nitrogen and oxygen atoms in total. The maximum atomic E-state index is 11.6. The molecule has 1 aromatic rings. The van der Waals surface area contributed by atoms with Gasteiger partial charge in [-0.1, -0.05) is 12.1 Å².